The van der Waals surface area contributed by atoms with Crippen LogP contribution in [0.5, 0.6) is 0 Å². The van der Waals surface area contributed by atoms with Gasteiger partial charge in [-0.05, 0) is 45.4 Å². The predicted molar refractivity (Wildman–Crippen MR) is 132 cm³/mol. The largest absolute Gasteiger partial charge is 0.465 e. The van der Waals surface area contributed by atoms with E-state index in [0.717, 1.165) is 27.8 Å². The van der Waals surface area contributed by atoms with Crippen molar-refractivity contribution < 1.29 is 22.7 Å². The molecule has 2 aromatic heterocycles. The number of hydrogen-bond donors (Lipinski definition) is 1. The van der Waals surface area contributed by atoms with Gasteiger partial charge in [-0.25, -0.2) is 13.2 Å². The summed E-state index contributed by atoms with van der Waals surface area (Å²) in [5.74, 6) is -0.872. The van der Waals surface area contributed by atoms with Crippen molar-refractivity contribution in [3.63, 3.8) is 0 Å². The van der Waals surface area contributed by atoms with Crippen LogP contribution in [-0.4, -0.2) is 47.4 Å². The second-order valence-corrected chi connectivity index (χ2v) is 12.3. The molecular formula is C22H26N4O5S3. The van der Waals surface area contributed by atoms with Crippen molar-refractivity contribution >= 4 is 49.8 Å². The van der Waals surface area contributed by atoms with Gasteiger partial charge in [0.05, 0.1) is 22.8 Å². The van der Waals surface area contributed by atoms with E-state index in [0.29, 0.717) is 15.7 Å². The van der Waals surface area contributed by atoms with Crippen LogP contribution in [0.25, 0.3) is 0 Å². The lowest BCUT2D eigenvalue weighted by atomic mass is 10.1. The number of aromatic nitrogens is 3. The molecule has 0 fully saturated rings. The van der Waals surface area contributed by atoms with Crippen LogP contribution in [0.15, 0.2) is 34.3 Å². The van der Waals surface area contributed by atoms with E-state index in [1.807, 2.05) is 13.8 Å². The van der Waals surface area contributed by atoms with Crippen LogP contribution >= 0.6 is 23.1 Å². The minimum Gasteiger partial charge on any atom is -0.465 e. The molecule has 1 amide bonds. The molecule has 0 radical (unpaired) electrons. The number of anilines is 1. The molecule has 1 N–H and O–H groups in total. The van der Waals surface area contributed by atoms with Crippen molar-refractivity contribution in [3.05, 3.63) is 51.7 Å². The highest BCUT2D eigenvalue weighted by atomic mass is 32.2. The normalized spacial score (nSPS) is 12.4. The zero-order valence-corrected chi connectivity index (χ0v) is 22.2. The number of carbonyl (C=O) groups is 2. The molecule has 3 rings (SSSR count). The molecule has 0 saturated heterocycles. The molecule has 34 heavy (non-hydrogen) atoms. The van der Waals surface area contributed by atoms with Crippen LogP contribution in [0.1, 0.15) is 39.1 Å². The molecule has 0 aliphatic carbocycles. The number of thiophene rings is 1. The van der Waals surface area contributed by atoms with Gasteiger partial charge in [0.25, 0.3) is 0 Å². The first kappa shape index (κ1) is 25.9. The third kappa shape index (κ3) is 5.50. The Hall–Kier alpha value is -2.70. The maximum Gasteiger partial charge on any atom is 0.341 e. The number of benzene rings is 1. The highest BCUT2D eigenvalue weighted by Gasteiger charge is 2.26. The predicted octanol–water partition coefficient (Wildman–Crippen LogP) is 3.68. The third-order valence-corrected chi connectivity index (χ3v) is 9.17. The molecule has 2 heterocycles. The first-order valence-corrected chi connectivity index (χ1v) is 13.6. The Morgan fingerprint density at radius 3 is 2.44 bits per heavy atom. The quantitative estimate of drug-likeness (QED) is 0.351. The van der Waals surface area contributed by atoms with Gasteiger partial charge in [-0.1, -0.05) is 29.5 Å². The topological polar surface area (TPSA) is 120 Å². The van der Waals surface area contributed by atoms with Gasteiger partial charge in [-0.2, -0.15) is 0 Å². The van der Waals surface area contributed by atoms with Crippen LogP contribution in [0, 0.1) is 20.8 Å². The molecule has 1 atom stereocenters. The van der Waals surface area contributed by atoms with Crippen molar-refractivity contribution in [2.45, 2.75) is 48.7 Å². The van der Waals surface area contributed by atoms with Crippen LogP contribution in [0.4, 0.5) is 5.00 Å². The van der Waals surface area contributed by atoms with Gasteiger partial charge < -0.3 is 14.6 Å². The van der Waals surface area contributed by atoms with Gasteiger partial charge in [0.15, 0.2) is 15.0 Å². The molecule has 0 saturated carbocycles. The van der Waals surface area contributed by atoms with E-state index in [9.17, 15) is 18.0 Å². The van der Waals surface area contributed by atoms with E-state index in [1.54, 1.807) is 49.7 Å². The lowest BCUT2D eigenvalue weighted by molar-refractivity contribution is -0.115. The summed E-state index contributed by atoms with van der Waals surface area (Å²) in [5.41, 5.74) is 2.08. The van der Waals surface area contributed by atoms with Gasteiger partial charge >= 0.3 is 5.97 Å². The molecule has 182 valence electrons. The van der Waals surface area contributed by atoms with E-state index >= 15 is 0 Å². The summed E-state index contributed by atoms with van der Waals surface area (Å²) in [6, 6.07) is 6.63. The highest BCUT2D eigenvalue weighted by Crippen LogP contribution is 2.34. The number of rotatable bonds is 8. The maximum atomic E-state index is 12.8. The van der Waals surface area contributed by atoms with E-state index in [1.165, 1.54) is 18.4 Å². The first-order valence-electron chi connectivity index (χ1n) is 10.3. The molecule has 0 spiro atoms. The lowest BCUT2D eigenvalue weighted by Crippen LogP contribution is -2.23. The maximum absolute atomic E-state index is 12.8. The van der Waals surface area contributed by atoms with Crippen LogP contribution in [0.2, 0.25) is 0 Å². The fourth-order valence-electron chi connectivity index (χ4n) is 3.06. The number of amides is 1. The minimum absolute atomic E-state index is 0.214. The Morgan fingerprint density at radius 1 is 1.18 bits per heavy atom. The van der Waals surface area contributed by atoms with Gasteiger partial charge in [-0.15, -0.1) is 21.5 Å². The molecular weight excluding hydrogens is 496 g/mol. The first-order chi connectivity index (χ1) is 15.9. The molecule has 9 nitrogen and oxygen atoms in total. The van der Waals surface area contributed by atoms with Gasteiger partial charge in [0.1, 0.15) is 16.6 Å². The van der Waals surface area contributed by atoms with Crippen molar-refractivity contribution in [1.82, 2.24) is 14.8 Å². The number of thioether (sulfide) groups is 1. The van der Waals surface area contributed by atoms with Gasteiger partial charge in [0, 0.05) is 11.9 Å². The Bertz CT molecular complexity index is 1330. The zero-order chi connectivity index (χ0) is 25.2. The summed E-state index contributed by atoms with van der Waals surface area (Å²) < 4.78 is 31.9. The molecule has 0 bridgehead atoms. The molecule has 1 unspecified atom stereocenters. The summed E-state index contributed by atoms with van der Waals surface area (Å²) in [7, 11) is -0.640. The summed E-state index contributed by atoms with van der Waals surface area (Å²) in [4.78, 5) is 26.1. The van der Waals surface area contributed by atoms with Crippen LogP contribution in [0.3, 0.4) is 0 Å². The summed E-state index contributed by atoms with van der Waals surface area (Å²) in [6.45, 7) is 7.25. The SMILES string of the molecule is COC(=O)c1c(NC(=O)C(C)Sc2nnc(CS(=O)(=O)c3ccc(C)cc3)n2C)sc(C)c1C. The average Bonchev–Trinajstić information content (AvgIpc) is 3.26. The van der Waals surface area contributed by atoms with E-state index in [4.69, 9.17) is 4.74 Å². The fourth-order valence-corrected chi connectivity index (χ4v) is 6.25. The number of hydrogen-bond acceptors (Lipinski definition) is 9. The molecule has 1 aromatic carbocycles. The molecule has 0 aliphatic heterocycles. The number of methoxy groups -OCH3 is 1. The molecule has 3 aromatic rings. The monoisotopic (exact) mass is 522 g/mol. The highest BCUT2D eigenvalue weighted by molar-refractivity contribution is 8.00. The number of nitrogens with one attached hydrogen (secondary N) is 1. The van der Waals surface area contributed by atoms with Crippen molar-refractivity contribution in [2.24, 2.45) is 7.05 Å². The summed E-state index contributed by atoms with van der Waals surface area (Å²) in [6.07, 6.45) is 0. The molecule has 0 aliphatic rings. The van der Waals surface area contributed by atoms with Crippen LogP contribution < -0.4 is 5.32 Å². The second kappa shape index (κ2) is 10.3. The number of esters is 1. The smallest absolute Gasteiger partial charge is 0.341 e. The van der Waals surface area contributed by atoms with E-state index < -0.39 is 21.1 Å². The zero-order valence-electron chi connectivity index (χ0n) is 19.7. The summed E-state index contributed by atoms with van der Waals surface area (Å²) in [5, 5.41) is 11.2. The Labute approximate surface area is 206 Å². The van der Waals surface area contributed by atoms with Crippen LogP contribution in [-0.2, 0) is 32.2 Å². The van der Waals surface area contributed by atoms with Crippen molar-refractivity contribution in [3.8, 4) is 0 Å². The van der Waals surface area contributed by atoms with Gasteiger partial charge in [0.2, 0.25) is 5.91 Å². The third-order valence-electron chi connectivity index (χ3n) is 5.29. The summed E-state index contributed by atoms with van der Waals surface area (Å²) >= 11 is 2.45. The van der Waals surface area contributed by atoms with Crippen molar-refractivity contribution in [2.75, 3.05) is 12.4 Å². The van der Waals surface area contributed by atoms with E-state index in [-0.39, 0.29) is 22.4 Å². The average molecular weight is 523 g/mol. The minimum atomic E-state index is -3.60. The Kier molecular flexibility index (Phi) is 7.84. The standard InChI is InChI=1S/C22H26N4O5S3/c1-12-7-9-16(10-8-12)34(29,30)11-17-24-25-22(26(17)5)33-15(4)19(27)23-20-18(21(28)31-6)13(2)14(3)32-20/h7-10,15H,11H2,1-6H3,(H,23,27). The number of ether oxygens (including phenoxy) is 1. The number of nitrogens with zero attached hydrogens (tertiary/aromatic N) is 3. The molecule has 12 heteroatoms. The fraction of sp³-hybridized carbons (Fsp3) is 0.364. The number of aryl methyl sites for hydroxylation is 2. The number of carbonyl (C=O) groups excluding carboxylic acids is 2. The second-order valence-electron chi connectivity index (χ2n) is 7.76. The lowest BCUT2D eigenvalue weighted by Gasteiger charge is -2.12. The van der Waals surface area contributed by atoms with Crippen molar-refractivity contribution in [1.29, 1.82) is 0 Å². The van der Waals surface area contributed by atoms with E-state index in [2.05, 4.69) is 15.5 Å². The van der Waals surface area contributed by atoms with Gasteiger partial charge in [-0.3, -0.25) is 4.79 Å². The Balaban J connectivity index is 1.72. The Morgan fingerprint density at radius 2 is 1.82 bits per heavy atom. The number of sulfone groups is 1.